The summed E-state index contributed by atoms with van der Waals surface area (Å²) in [6.45, 7) is 4.99. The number of rotatable bonds is 7. The van der Waals surface area contributed by atoms with Crippen LogP contribution in [0.4, 0.5) is 0 Å². The summed E-state index contributed by atoms with van der Waals surface area (Å²) in [5.74, 6) is 2.98. The molecule has 0 aliphatic heterocycles. The van der Waals surface area contributed by atoms with Crippen molar-refractivity contribution in [3.63, 3.8) is 0 Å². The van der Waals surface area contributed by atoms with E-state index < -0.39 is 0 Å². The fourth-order valence-electron chi connectivity index (χ4n) is 2.93. The van der Waals surface area contributed by atoms with Crippen molar-refractivity contribution in [1.29, 1.82) is 0 Å². The van der Waals surface area contributed by atoms with Crippen LogP contribution in [0.3, 0.4) is 0 Å². The number of pyridine rings is 1. The molecule has 1 aromatic carbocycles. The van der Waals surface area contributed by atoms with Crippen LogP contribution < -0.4 is 0 Å². The van der Waals surface area contributed by atoms with E-state index in [1.165, 1.54) is 11.1 Å². The lowest BCUT2D eigenvalue weighted by molar-refractivity contribution is 0.485. The summed E-state index contributed by atoms with van der Waals surface area (Å²) in [6, 6.07) is 18.4. The molecule has 0 N–H and O–H groups in total. The Morgan fingerprint density at radius 1 is 1.00 bits per heavy atom. The van der Waals surface area contributed by atoms with Crippen LogP contribution in [0.1, 0.15) is 36.7 Å². The molecule has 3 heterocycles. The average Bonchev–Trinajstić information content (AvgIpc) is 3.38. The topological polar surface area (TPSA) is 56.7 Å². The molecule has 3 aromatic heterocycles. The van der Waals surface area contributed by atoms with Crippen LogP contribution in [-0.2, 0) is 12.3 Å². The summed E-state index contributed by atoms with van der Waals surface area (Å²) in [5.41, 5.74) is 3.42. The molecule has 0 aliphatic rings. The minimum atomic E-state index is 0.541. The van der Waals surface area contributed by atoms with Crippen LogP contribution in [-0.4, -0.2) is 19.7 Å². The molecule has 0 fully saturated rings. The van der Waals surface area contributed by atoms with Gasteiger partial charge in [-0.1, -0.05) is 55.9 Å². The van der Waals surface area contributed by atoms with Gasteiger partial charge in [-0.2, -0.15) is 0 Å². The third-order valence-corrected chi connectivity index (χ3v) is 5.56. The first kappa shape index (κ1) is 18.5. The second-order valence-corrected chi connectivity index (χ2v) is 7.81. The summed E-state index contributed by atoms with van der Waals surface area (Å²) in [4.78, 5) is 4.43. The monoisotopic (exact) mass is 390 g/mol. The number of benzene rings is 1. The maximum Gasteiger partial charge on any atom is 0.192 e. The molecule has 0 bridgehead atoms. The number of hydrogen-bond acceptors (Lipinski definition) is 5. The molecule has 28 heavy (non-hydrogen) atoms. The van der Waals surface area contributed by atoms with Gasteiger partial charge in [-0.15, -0.1) is 10.2 Å². The zero-order valence-electron chi connectivity index (χ0n) is 15.9. The second kappa shape index (κ2) is 8.44. The molecule has 0 spiro atoms. The number of hydrogen-bond donors (Lipinski definition) is 0. The van der Waals surface area contributed by atoms with E-state index in [1.54, 1.807) is 24.2 Å². The highest BCUT2D eigenvalue weighted by Crippen LogP contribution is 2.27. The van der Waals surface area contributed by atoms with Crippen molar-refractivity contribution in [2.45, 2.75) is 37.2 Å². The van der Waals surface area contributed by atoms with Gasteiger partial charge in [-0.05, 0) is 41.3 Å². The van der Waals surface area contributed by atoms with Crippen molar-refractivity contribution < 1.29 is 4.42 Å². The van der Waals surface area contributed by atoms with Gasteiger partial charge >= 0.3 is 0 Å². The Morgan fingerprint density at radius 3 is 2.54 bits per heavy atom. The summed E-state index contributed by atoms with van der Waals surface area (Å²) in [7, 11) is 0. The lowest BCUT2D eigenvalue weighted by atomic mass is 10.0. The van der Waals surface area contributed by atoms with Gasteiger partial charge in [-0.3, -0.25) is 9.55 Å². The summed E-state index contributed by atoms with van der Waals surface area (Å²) in [5, 5.41) is 9.68. The molecule has 4 rings (SSSR count). The van der Waals surface area contributed by atoms with Crippen molar-refractivity contribution in [3.05, 3.63) is 83.9 Å². The molecule has 0 radical (unpaired) electrons. The van der Waals surface area contributed by atoms with Crippen molar-refractivity contribution in [2.24, 2.45) is 0 Å². The molecule has 5 nitrogen and oxygen atoms in total. The molecule has 0 unspecified atom stereocenters. The maximum absolute atomic E-state index is 5.54. The Labute approximate surface area is 168 Å². The van der Waals surface area contributed by atoms with E-state index in [0.717, 1.165) is 28.2 Å². The minimum absolute atomic E-state index is 0.541. The molecule has 6 heteroatoms. The maximum atomic E-state index is 5.54. The van der Waals surface area contributed by atoms with E-state index in [1.807, 2.05) is 30.3 Å². The summed E-state index contributed by atoms with van der Waals surface area (Å²) >= 11 is 1.67. The fourth-order valence-corrected chi connectivity index (χ4v) is 3.82. The molecule has 0 amide bonds. The fraction of sp³-hybridized carbons (Fsp3) is 0.227. The zero-order chi connectivity index (χ0) is 19.3. The Balaban J connectivity index is 1.58. The van der Waals surface area contributed by atoms with Crippen LogP contribution in [0.5, 0.6) is 0 Å². The number of thioether (sulfide) groups is 1. The highest BCUT2D eigenvalue weighted by Gasteiger charge is 2.16. The molecule has 0 saturated heterocycles. The van der Waals surface area contributed by atoms with E-state index in [-0.39, 0.29) is 0 Å². The molecule has 0 atom stereocenters. The van der Waals surface area contributed by atoms with E-state index in [4.69, 9.17) is 4.42 Å². The quantitative estimate of drug-likeness (QED) is 0.396. The van der Waals surface area contributed by atoms with E-state index in [9.17, 15) is 0 Å². The highest BCUT2D eigenvalue weighted by atomic mass is 32.2. The molecular formula is C22H22N4OS. The first-order chi connectivity index (χ1) is 13.7. The molecule has 4 aromatic rings. The highest BCUT2D eigenvalue weighted by molar-refractivity contribution is 7.98. The van der Waals surface area contributed by atoms with Crippen LogP contribution >= 0.6 is 11.8 Å². The van der Waals surface area contributed by atoms with E-state index >= 15 is 0 Å². The number of furan rings is 1. The molecule has 142 valence electrons. The van der Waals surface area contributed by atoms with Gasteiger partial charge in [0.2, 0.25) is 0 Å². The van der Waals surface area contributed by atoms with Gasteiger partial charge in [0.25, 0.3) is 0 Å². The minimum Gasteiger partial charge on any atom is -0.467 e. The van der Waals surface area contributed by atoms with Gasteiger partial charge in [0.15, 0.2) is 11.0 Å². The largest absolute Gasteiger partial charge is 0.467 e. The van der Waals surface area contributed by atoms with E-state index in [0.29, 0.717) is 12.5 Å². The third-order valence-electron chi connectivity index (χ3n) is 4.52. The van der Waals surface area contributed by atoms with Crippen molar-refractivity contribution >= 4 is 11.8 Å². The Morgan fingerprint density at radius 2 is 1.86 bits per heavy atom. The van der Waals surface area contributed by atoms with Crippen molar-refractivity contribution in [2.75, 3.05) is 0 Å². The Hall–Kier alpha value is -2.86. The normalized spacial score (nSPS) is 11.2. The van der Waals surface area contributed by atoms with Crippen molar-refractivity contribution in [1.82, 2.24) is 19.7 Å². The second-order valence-electron chi connectivity index (χ2n) is 6.87. The van der Waals surface area contributed by atoms with Crippen LogP contribution in [0.15, 0.2) is 76.6 Å². The Kier molecular flexibility index (Phi) is 5.58. The lowest BCUT2D eigenvalue weighted by Gasteiger charge is -2.09. The van der Waals surface area contributed by atoms with Gasteiger partial charge in [0.1, 0.15) is 11.5 Å². The lowest BCUT2D eigenvalue weighted by Crippen LogP contribution is -2.04. The SMILES string of the molecule is CC(C)c1ccc(CSc2nnc(-c3ccccn3)n2Cc2ccco2)cc1. The van der Waals surface area contributed by atoms with Crippen molar-refractivity contribution in [3.8, 4) is 11.5 Å². The predicted molar refractivity (Wildman–Crippen MR) is 111 cm³/mol. The number of aromatic nitrogens is 4. The first-order valence-corrected chi connectivity index (χ1v) is 10.3. The summed E-state index contributed by atoms with van der Waals surface area (Å²) < 4.78 is 7.61. The zero-order valence-corrected chi connectivity index (χ0v) is 16.8. The first-order valence-electron chi connectivity index (χ1n) is 9.29. The van der Waals surface area contributed by atoms with E-state index in [2.05, 4.69) is 57.9 Å². The predicted octanol–water partition coefficient (Wildman–Crippen LogP) is 5.40. The van der Waals surface area contributed by atoms with Gasteiger partial charge < -0.3 is 4.42 Å². The van der Waals surface area contributed by atoms with Crippen LogP contribution in [0.25, 0.3) is 11.5 Å². The third kappa shape index (κ3) is 4.17. The molecule has 0 aliphatic carbocycles. The number of nitrogens with zero attached hydrogens (tertiary/aromatic N) is 4. The Bertz CT molecular complexity index is 1010. The standard InChI is InChI=1S/C22H22N4OS/c1-16(2)18-10-8-17(9-11-18)15-28-22-25-24-21(20-7-3-4-12-23-20)26(22)14-19-6-5-13-27-19/h3-13,16H,14-15H2,1-2H3. The van der Waals surface area contributed by atoms with Crippen LogP contribution in [0, 0.1) is 0 Å². The molecular weight excluding hydrogens is 368 g/mol. The van der Waals surface area contributed by atoms with Crippen LogP contribution in [0.2, 0.25) is 0 Å². The smallest absolute Gasteiger partial charge is 0.192 e. The van der Waals surface area contributed by atoms with Gasteiger partial charge in [0, 0.05) is 11.9 Å². The van der Waals surface area contributed by atoms with Gasteiger partial charge in [0.05, 0.1) is 12.8 Å². The summed E-state index contributed by atoms with van der Waals surface area (Å²) in [6.07, 6.45) is 3.45. The van der Waals surface area contributed by atoms with Gasteiger partial charge in [-0.25, -0.2) is 0 Å². The molecule has 0 saturated carbocycles. The average molecular weight is 391 g/mol.